The van der Waals surface area contributed by atoms with Gasteiger partial charge in [-0.25, -0.2) is 0 Å². The molecule has 0 spiro atoms. The predicted molar refractivity (Wildman–Crippen MR) is 74.7 cm³/mol. The molecule has 0 saturated heterocycles. The molecule has 0 aromatic carbocycles. The van der Waals surface area contributed by atoms with Crippen molar-refractivity contribution in [3.63, 3.8) is 0 Å². The van der Waals surface area contributed by atoms with E-state index in [0.717, 1.165) is 0 Å². The van der Waals surface area contributed by atoms with Crippen LogP contribution in [0.5, 0.6) is 0 Å². The van der Waals surface area contributed by atoms with Gasteiger partial charge in [-0.15, -0.1) is 0 Å². The fraction of sp³-hybridized carbons (Fsp3) is 0.545. The van der Waals surface area contributed by atoms with E-state index in [1.807, 2.05) is 5.32 Å². The minimum atomic E-state index is -1.33. The molecule has 12 heteroatoms. The maximum absolute atomic E-state index is 11.7. The molecule has 0 bridgehead atoms. The standard InChI is InChI=1S/C11H19N5O7/c12-1-7(18)13-3-9(20)16-6(5-17)11(23)15-2-8(19)14-4-10(21)22/h6,17H,1-5,12H2,(H,13,18)(H,14,19)(H,15,23)(H,16,20)(H,21,22). The highest BCUT2D eigenvalue weighted by atomic mass is 16.4. The minimum Gasteiger partial charge on any atom is -0.480 e. The van der Waals surface area contributed by atoms with Crippen LogP contribution < -0.4 is 27.0 Å². The Bertz CT molecular complexity index is 468. The third-order valence-electron chi connectivity index (χ3n) is 2.33. The second-order valence-electron chi connectivity index (χ2n) is 4.17. The van der Waals surface area contributed by atoms with Crippen LogP contribution >= 0.6 is 0 Å². The van der Waals surface area contributed by atoms with Gasteiger partial charge in [0, 0.05) is 0 Å². The average Bonchev–Trinajstić information content (AvgIpc) is 2.53. The summed E-state index contributed by atoms with van der Waals surface area (Å²) in [6, 6.07) is -1.33. The zero-order valence-corrected chi connectivity index (χ0v) is 12.1. The highest BCUT2D eigenvalue weighted by Gasteiger charge is 2.20. The average molecular weight is 333 g/mol. The molecule has 0 aliphatic carbocycles. The van der Waals surface area contributed by atoms with Crippen LogP contribution in [-0.2, 0) is 24.0 Å². The number of rotatable bonds is 10. The van der Waals surface area contributed by atoms with Crippen LogP contribution in [0.1, 0.15) is 0 Å². The van der Waals surface area contributed by atoms with Gasteiger partial charge in [0.1, 0.15) is 12.6 Å². The Morgan fingerprint density at radius 3 is 1.96 bits per heavy atom. The predicted octanol–water partition coefficient (Wildman–Crippen LogP) is -5.14. The number of aliphatic hydroxyl groups is 1. The van der Waals surface area contributed by atoms with Gasteiger partial charge in [-0.05, 0) is 0 Å². The summed E-state index contributed by atoms with van der Waals surface area (Å²) in [4.78, 5) is 55.4. The van der Waals surface area contributed by atoms with Crippen molar-refractivity contribution in [3.8, 4) is 0 Å². The highest BCUT2D eigenvalue weighted by molar-refractivity contribution is 5.92. The summed E-state index contributed by atoms with van der Waals surface area (Å²) in [6.45, 7) is -2.60. The number of carboxylic acids is 1. The van der Waals surface area contributed by atoms with Crippen LogP contribution in [0.3, 0.4) is 0 Å². The maximum Gasteiger partial charge on any atom is 0.322 e. The largest absolute Gasteiger partial charge is 0.480 e. The van der Waals surface area contributed by atoms with Gasteiger partial charge < -0.3 is 37.2 Å². The molecule has 4 amide bonds. The number of carbonyl (C=O) groups excluding carboxylic acids is 4. The van der Waals surface area contributed by atoms with Crippen LogP contribution in [0.4, 0.5) is 0 Å². The Morgan fingerprint density at radius 1 is 0.870 bits per heavy atom. The number of amides is 4. The zero-order chi connectivity index (χ0) is 17.8. The van der Waals surface area contributed by atoms with E-state index in [1.165, 1.54) is 0 Å². The van der Waals surface area contributed by atoms with Gasteiger partial charge in [0.15, 0.2) is 0 Å². The van der Waals surface area contributed by atoms with E-state index < -0.39 is 61.9 Å². The lowest BCUT2D eigenvalue weighted by atomic mass is 10.3. The third-order valence-corrected chi connectivity index (χ3v) is 2.33. The van der Waals surface area contributed by atoms with E-state index in [1.54, 1.807) is 0 Å². The smallest absolute Gasteiger partial charge is 0.322 e. The van der Waals surface area contributed by atoms with Crippen molar-refractivity contribution in [2.45, 2.75) is 6.04 Å². The Kier molecular flexibility index (Phi) is 9.62. The van der Waals surface area contributed by atoms with Crippen LogP contribution in [0, 0.1) is 0 Å². The van der Waals surface area contributed by atoms with E-state index in [0.29, 0.717) is 0 Å². The summed E-state index contributed by atoms with van der Waals surface area (Å²) in [5, 5.41) is 25.8. The number of hydrogen-bond acceptors (Lipinski definition) is 7. The maximum atomic E-state index is 11.7. The molecular weight excluding hydrogens is 314 g/mol. The van der Waals surface area contributed by atoms with Crippen molar-refractivity contribution in [3.05, 3.63) is 0 Å². The first-order chi connectivity index (χ1) is 10.8. The highest BCUT2D eigenvalue weighted by Crippen LogP contribution is 1.83. The summed E-state index contributed by atoms with van der Waals surface area (Å²) in [6.07, 6.45) is 0. The molecule has 0 aromatic heterocycles. The molecule has 0 fully saturated rings. The lowest BCUT2D eigenvalue weighted by molar-refractivity contribution is -0.138. The number of nitrogens with one attached hydrogen (secondary N) is 4. The van der Waals surface area contributed by atoms with Gasteiger partial charge in [0.25, 0.3) is 0 Å². The molecule has 23 heavy (non-hydrogen) atoms. The Hall–Kier alpha value is -2.73. The number of aliphatic hydroxyl groups excluding tert-OH is 1. The van der Waals surface area contributed by atoms with Gasteiger partial charge in [-0.3, -0.25) is 24.0 Å². The summed E-state index contributed by atoms with van der Waals surface area (Å²) < 4.78 is 0. The molecular formula is C11H19N5O7. The Morgan fingerprint density at radius 2 is 1.43 bits per heavy atom. The fourth-order valence-electron chi connectivity index (χ4n) is 1.22. The van der Waals surface area contributed by atoms with Crippen molar-refractivity contribution in [2.75, 3.05) is 32.8 Å². The van der Waals surface area contributed by atoms with E-state index in [9.17, 15) is 24.0 Å². The second kappa shape index (κ2) is 10.9. The molecule has 12 nitrogen and oxygen atoms in total. The second-order valence-corrected chi connectivity index (χ2v) is 4.17. The van der Waals surface area contributed by atoms with Gasteiger partial charge in [0.2, 0.25) is 23.6 Å². The monoisotopic (exact) mass is 333 g/mol. The normalized spacial score (nSPS) is 11.0. The lowest BCUT2D eigenvalue weighted by Crippen LogP contribution is -2.53. The molecule has 0 aromatic rings. The first kappa shape index (κ1) is 20.3. The first-order valence-corrected chi connectivity index (χ1v) is 6.43. The van der Waals surface area contributed by atoms with Crippen molar-refractivity contribution >= 4 is 29.6 Å². The molecule has 1 unspecified atom stereocenters. The number of hydrogen-bond donors (Lipinski definition) is 7. The lowest BCUT2D eigenvalue weighted by Gasteiger charge is -2.16. The molecule has 0 aliphatic heterocycles. The Balaban J connectivity index is 4.20. The zero-order valence-electron chi connectivity index (χ0n) is 12.1. The molecule has 0 heterocycles. The third kappa shape index (κ3) is 9.76. The number of nitrogens with two attached hydrogens (primary N) is 1. The fourth-order valence-corrected chi connectivity index (χ4v) is 1.22. The molecule has 0 rings (SSSR count). The van der Waals surface area contributed by atoms with Gasteiger partial charge in [0.05, 0.1) is 26.2 Å². The minimum absolute atomic E-state index is 0.303. The van der Waals surface area contributed by atoms with Crippen LogP contribution in [0.25, 0.3) is 0 Å². The topological polar surface area (TPSA) is 200 Å². The molecule has 130 valence electrons. The van der Waals surface area contributed by atoms with Gasteiger partial charge in [-0.2, -0.15) is 0 Å². The van der Waals surface area contributed by atoms with Gasteiger partial charge >= 0.3 is 5.97 Å². The van der Waals surface area contributed by atoms with E-state index >= 15 is 0 Å². The van der Waals surface area contributed by atoms with Crippen LogP contribution in [0.15, 0.2) is 0 Å². The molecule has 0 saturated carbocycles. The number of aliphatic carboxylic acids is 1. The van der Waals surface area contributed by atoms with E-state index in [4.69, 9.17) is 15.9 Å². The Labute approximate surface area is 130 Å². The molecule has 0 aliphatic rings. The number of carbonyl (C=O) groups is 5. The quantitative estimate of drug-likeness (QED) is 0.206. The van der Waals surface area contributed by atoms with Crippen molar-refractivity contribution in [1.82, 2.24) is 21.3 Å². The first-order valence-electron chi connectivity index (χ1n) is 6.43. The van der Waals surface area contributed by atoms with Crippen LogP contribution in [0.2, 0.25) is 0 Å². The summed E-state index contributed by atoms with van der Waals surface area (Å²) in [5.74, 6) is -4.16. The number of carboxylic acid groups (broad SMARTS) is 1. The SMILES string of the molecule is NCC(=O)NCC(=O)NC(CO)C(=O)NCC(=O)NCC(=O)O. The summed E-state index contributed by atoms with van der Waals surface area (Å²) in [5.41, 5.74) is 5.02. The van der Waals surface area contributed by atoms with E-state index in [2.05, 4.69) is 16.0 Å². The molecule has 1 atom stereocenters. The molecule has 0 radical (unpaired) electrons. The summed E-state index contributed by atoms with van der Waals surface area (Å²) in [7, 11) is 0. The van der Waals surface area contributed by atoms with E-state index in [-0.39, 0.29) is 6.54 Å². The molecule has 8 N–H and O–H groups in total. The van der Waals surface area contributed by atoms with Crippen molar-refractivity contribution < 1.29 is 34.2 Å². The van der Waals surface area contributed by atoms with Crippen molar-refractivity contribution in [1.29, 1.82) is 0 Å². The van der Waals surface area contributed by atoms with Gasteiger partial charge in [-0.1, -0.05) is 0 Å². The summed E-state index contributed by atoms with van der Waals surface area (Å²) >= 11 is 0. The van der Waals surface area contributed by atoms with Crippen LogP contribution in [-0.4, -0.2) is 78.6 Å². The van der Waals surface area contributed by atoms with Crippen molar-refractivity contribution in [2.24, 2.45) is 5.73 Å².